The Hall–Kier alpha value is -2.81. The normalized spacial score (nSPS) is 15.4. The zero-order chi connectivity index (χ0) is 21.6. The highest BCUT2D eigenvalue weighted by molar-refractivity contribution is 7.16. The van der Waals surface area contributed by atoms with E-state index >= 15 is 0 Å². The molecule has 31 heavy (non-hydrogen) atoms. The van der Waals surface area contributed by atoms with Crippen molar-refractivity contribution in [2.75, 3.05) is 40.0 Å². The van der Waals surface area contributed by atoms with Gasteiger partial charge in [-0.3, -0.25) is 9.69 Å². The van der Waals surface area contributed by atoms with E-state index in [1.807, 2.05) is 24.3 Å². The third-order valence-corrected chi connectivity index (χ3v) is 6.31. The summed E-state index contributed by atoms with van der Waals surface area (Å²) in [6.45, 7) is 3.37. The lowest BCUT2D eigenvalue weighted by atomic mass is 10.0. The van der Waals surface area contributed by atoms with Crippen LogP contribution in [0.2, 0.25) is 0 Å². The summed E-state index contributed by atoms with van der Waals surface area (Å²) in [7, 11) is 1.64. The minimum absolute atomic E-state index is 0.0118. The van der Waals surface area contributed by atoms with Gasteiger partial charge in [0.15, 0.2) is 0 Å². The van der Waals surface area contributed by atoms with Crippen molar-refractivity contribution in [2.24, 2.45) is 0 Å². The number of aromatic nitrogens is 1. The summed E-state index contributed by atoms with van der Waals surface area (Å²) in [6.07, 6.45) is 1.50. The van der Waals surface area contributed by atoms with Gasteiger partial charge in [-0.05, 0) is 29.8 Å². The maximum atomic E-state index is 14.0. The monoisotopic (exact) mass is 441 g/mol. The predicted molar refractivity (Wildman–Crippen MR) is 118 cm³/mol. The number of methoxy groups -OCH3 is 1. The highest BCUT2D eigenvalue weighted by Crippen LogP contribution is 2.28. The molecule has 4 rings (SSSR count). The van der Waals surface area contributed by atoms with Crippen LogP contribution in [0.15, 0.2) is 54.7 Å². The molecule has 1 fully saturated rings. The van der Waals surface area contributed by atoms with Crippen molar-refractivity contribution in [3.05, 3.63) is 71.0 Å². The SMILES string of the molecule is COc1ccc(C(CNC(=O)c2cnc(-c3ccccc3F)s2)N2CCOCC2)cc1. The van der Waals surface area contributed by atoms with Gasteiger partial charge in [0.1, 0.15) is 21.5 Å². The van der Waals surface area contributed by atoms with Crippen LogP contribution < -0.4 is 10.1 Å². The molecule has 1 N–H and O–H groups in total. The highest BCUT2D eigenvalue weighted by atomic mass is 32.1. The Balaban J connectivity index is 1.47. The van der Waals surface area contributed by atoms with Crippen molar-refractivity contribution < 1.29 is 18.7 Å². The summed E-state index contributed by atoms with van der Waals surface area (Å²) in [5, 5.41) is 3.52. The number of thiazole rings is 1. The number of benzene rings is 2. The van der Waals surface area contributed by atoms with E-state index < -0.39 is 0 Å². The topological polar surface area (TPSA) is 63.7 Å². The highest BCUT2D eigenvalue weighted by Gasteiger charge is 2.24. The molecule has 1 aromatic heterocycles. The minimum Gasteiger partial charge on any atom is -0.497 e. The summed E-state index contributed by atoms with van der Waals surface area (Å²) in [4.78, 5) is 19.8. The van der Waals surface area contributed by atoms with Crippen LogP contribution in [0.4, 0.5) is 4.39 Å². The Kier molecular flexibility index (Phi) is 6.91. The molecular formula is C23H24FN3O3S. The molecule has 0 saturated carbocycles. The van der Waals surface area contributed by atoms with Crippen LogP contribution in [-0.4, -0.2) is 55.7 Å². The molecule has 0 aliphatic carbocycles. The number of amides is 1. The van der Waals surface area contributed by atoms with Crippen molar-refractivity contribution in [1.82, 2.24) is 15.2 Å². The van der Waals surface area contributed by atoms with Gasteiger partial charge < -0.3 is 14.8 Å². The molecule has 2 heterocycles. The summed E-state index contributed by atoms with van der Waals surface area (Å²) in [5.74, 6) is 0.224. The van der Waals surface area contributed by atoms with E-state index in [4.69, 9.17) is 9.47 Å². The van der Waals surface area contributed by atoms with Crippen LogP contribution in [0.1, 0.15) is 21.3 Å². The molecule has 1 atom stereocenters. The molecular weight excluding hydrogens is 417 g/mol. The van der Waals surface area contributed by atoms with E-state index in [0.29, 0.717) is 35.2 Å². The van der Waals surface area contributed by atoms with E-state index in [1.165, 1.54) is 23.6 Å². The number of nitrogens with zero attached hydrogens (tertiary/aromatic N) is 2. The lowest BCUT2D eigenvalue weighted by molar-refractivity contribution is 0.0162. The number of carbonyl (C=O) groups is 1. The van der Waals surface area contributed by atoms with Gasteiger partial charge in [-0.2, -0.15) is 0 Å². The Labute approximate surface area is 184 Å². The Morgan fingerprint density at radius 1 is 1.23 bits per heavy atom. The first kappa shape index (κ1) is 21.4. The molecule has 6 nitrogen and oxygen atoms in total. The first-order valence-electron chi connectivity index (χ1n) is 10.1. The van der Waals surface area contributed by atoms with Gasteiger partial charge in [0.2, 0.25) is 0 Å². The second kappa shape index (κ2) is 10.00. The number of carbonyl (C=O) groups excluding carboxylic acids is 1. The van der Waals surface area contributed by atoms with E-state index in [1.54, 1.807) is 25.3 Å². The quantitative estimate of drug-likeness (QED) is 0.605. The van der Waals surface area contributed by atoms with Gasteiger partial charge in [-0.1, -0.05) is 24.3 Å². The third-order valence-electron chi connectivity index (χ3n) is 5.28. The van der Waals surface area contributed by atoms with E-state index in [0.717, 1.165) is 24.4 Å². The van der Waals surface area contributed by atoms with Crippen LogP contribution in [0.5, 0.6) is 5.75 Å². The maximum absolute atomic E-state index is 14.0. The van der Waals surface area contributed by atoms with Crippen LogP contribution in [-0.2, 0) is 4.74 Å². The predicted octanol–water partition coefficient (Wildman–Crippen LogP) is 3.76. The van der Waals surface area contributed by atoms with E-state index in [-0.39, 0.29) is 17.8 Å². The second-order valence-electron chi connectivity index (χ2n) is 7.16. The lowest BCUT2D eigenvalue weighted by Crippen LogP contribution is -2.43. The zero-order valence-corrected chi connectivity index (χ0v) is 18.0. The molecule has 1 unspecified atom stereocenters. The molecule has 0 radical (unpaired) electrons. The summed E-state index contributed by atoms with van der Waals surface area (Å²) in [6, 6.07) is 14.3. The van der Waals surface area contributed by atoms with E-state index in [2.05, 4.69) is 15.2 Å². The van der Waals surface area contributed by atoms with Gasteiger partial charge in [-0.25, -0.2) is 9.37 Å². The Morgan fingerprint density at radius 2 is 1.97 bits per heavy atom. The molecule has 162 valence electrons. The van der Waals surface area contributed by atoms with Crippen molar-refractivity contribution in [2.45, 2.75) is 6.04 Å². The molecule has 1 aliphatic heterocycles. The zero-order valence-electron chi connectivity index (χ0n) is 17.2. The Bertz CT molecular complexity index is 1020. The standard InChI is InChI=1S/C23H24FN3O3S/c1-29-17-8-6-16(7-9-17)20(27-10-12-30-13-11-27)14-25-22(28)21-15-26-23(31-21)18-4-2-3-5-19(18)24/h2-9,15,20H,10-14H2,1H3,(H,25,28). The minimum atomic E-state index is -0.351. The molecule has 3 aromatic rings. The molecule has 0 spiro atoms. The number of rotatable bonds is 7. The van der Waals surface area contributed by atoms with Crippen LogP contribution >= 0.6 is 11.3 Å². The van der Waals surface area contributed by atoms with Crippen molar-refractivity contribution in [3.8, 4) is 16.3 Å². The fraction of sp³-hybridized carbons (Fsp3) is 0.304. The second-order valence-corrected chi connectivity index (χ2v) is 8.19. The number of hydrogen-bond donors (Lipinski definition) is 1. The molecule has 1 amide bonds. The molecule has 8 heteroatoms. The summed E-state index contributed by atoms with van der Waals surface area (Å²) >= 11 is 1.18. The van der Waals surface area contributed by atoms with Gasteiger partial charge in [0.05, 0.1) is 32.6 Å². The number of ether oxygens (including phenoxy) is 2. The largest absolute Gasteiger partial charge is 0.497 e. The average Bonchev–Trinajstić information content (AvgIpc) is 3.31. The van der Waals surface area contributed by atoms with Crippen molar-refractivity contribution in [3.63, 3.8) is 0 Å². The fourth-order valence-corrected chi connectivity index (χ4v) is 4.45. The first-order chi connectivity index (χ1) is 15.2. The molecule has 1 saturated heterocycles. The molecule has 0 bridgehead atoms. The first-order valence-corrected chi connectivity index (χ1v) is 10.9. The molecule has 1 aliphatic rings. The van der Waals surface area contributed by atoms with Crippen LogP contribution in [0, 0.1) is 5.82 Å². The van der Waals surface area contributed by atoms with Crippen LogP contribution in [0.3, 0.4) is 0 Å². The van der Waals surface area contributed by atoms with Crippen LogP contribution in [0.25, 0.3) is 10.6 Å². The summed E-state index contributed by atoms with van der Waals surface area (Å²) < 4.78 is 24.8. The van der Waals surface area contributed by atoms with Gasteiger partial charge in [0, 0.05) is 25.2 Å². The average molecular weight is 442 g/mol. The maximum Gasteiger partial charge on any atom is 0.263 e. The van der Waals surface area contributed by atoms with Gasteiger partial charge in [0.25, 0.3) is 5.91 Å². The van der Waals surface area contributed by atoms with Crippen molar-refractivity contribution in [1.29, 1.82) is 0 Å². The number of hydrogen-bond acceptors (Lipinski definition) is 6. The fourth-order valence-electron chi connectivity index (χ4n) is 3.59. The number of nitrogens with one attached hydrogen (secondary N) is 1. The number of halogens is 1. The van der Waals surface area contributed by atoms with Gasteiger partial charge in [-0.15, -0.1) is 11.3 Å². The summed E-state index contributed by atoms with van der Waals surface area (Å²) in [5.41, 5.74) is 1.50. The van der Waals surface area contributed by atoms with Gasteiger partial charge >= 0.3 is 0 Å². The Morgan fingerprint density at radius 3 is 2.68 bits per heavy atom. The molecule has 2 aromatic carbocycles. The lowest BCUT2D eigenvalue weighted by Gasteiger charge is -2.35. The van der Waals surface area contributed by atoms with E-state index in [9.17, 15) is 9.18 Å². The number of morpholine rings is 1. The van der Waals surface area contributed by atoms with Crippen molar-refractivity contribution >= 4 is 17.2 Å². The smallest absolute Gasteiger partial charge is 0.263 e. The third kappa shape index (κ3) is 5.10.